The van der Waals surface area contributed by atoms with Gasteiger partial charge in [0.25, 0.3) is 15.6 Å². The average Bonchev–Trinajstić information content (AvgIpc) is 3.52. The van der Waals surface area contributed by atoms with E-state index >= 15 is 0 Å². The van der Waals surface area contributed by atoms with Gasteiger partial charge in [0.1, 0.15) is 5.52 Å². The van der Waals surface area contributed by atoms with Gasteiger partial charge in [0.05, 0.1) is 36.0 Å². The highest BCUT2D eigenvalue weighted by Crippen LogP contribution is 2.42. The smallest absolute Gasteiger partial charge is 0.275 e. The molecule has 0 radical (unpaired) electrons. The minimum atomic E-state index is -4.12. The van der Waals surface area contributed by atoms with Gasteiger partial charge in [0.2, 0.25) is 0 Å². The molecule has 0 bridgehead atoms. The highest BCUT2D eigenvalue weighted by molar-refractivity contribution is 7.90. The van der Waals surface area contributed by atoms with Crippen molar-refractivity contribution in [2.75, 3.05) is 13.2 Å². The molecule has 1 aliphatic heterocycles. The van der Waals surface area contributed by atoms with Crippen LogP contribution in [0.25, 0.3) is 22.2 Å². The maximum absolute atomic E-state index is 14.3. The minimum absolute atomic E-state index is 0.112. The van der Waals surface area contributed by atoms with Gasteiger partial charge >= 0.3 is 0 Å². The number of pyridine rings is 1. The van der Waals surface area contributed by atoms with Crippen LogP contribution < -0.4 is 5.56 Å². The Morgan fingerprint density at radius 1 is 1.13 bits per heavy atom. The van der Waals surface area contributed by atoms with Gasteiger partial charge in [0, 0.05) is 35.8 Å². The number of benzene rings is 1. The van der Waals surface area contributed by atoms with Gasteiger partial charge in [-0.3, -0.25) is 9.48 Å². The molecule has 196 valence electrons. The molecule has 1 aliphatic carbocycles. The monoisotopic (exact) mass is 530 g/mol. The van der Waals surface area contributed by atoms with Crippen molar-refractivity contribution in [1.29, 1.82) is 0 Å². The van der Waals surface area contributed by atoms with Crippen molar-refractivity contribution in [3.05, 3.63) is 94.7 Å². The van der Waals surface area contributed by atoms with Crippen LogP contribution in [0.2, 0.25) is 0 Å². The van der Waals surface area contributed by atoms with E-state index < -0.39 is 10.0 Å². The number of ether oxygens (including phenoxy) is 1. The molecule has 6 rings (SSSR count). The molecule has 9 heteroatoms. The summed E-state index contributed by atoms with van der Waals surface area (Å²) >= 11 is 0. The van der Waals surface area contributed by atoms with Gasteiger partial charge in [-0.1, -0.05) is 48.9 Å². The van der Waals surface area contributed by atoms with Gasteiger partial charge in [-0.2, -0.15) is 5.10 Å². The van der Waals surface area contributed by atoms with E-state index in [-0.39, 0.29) is 27.4 Å². The Hall–Kier alpha value is -3.69. The molecule has 1 atom stereocenters. The second-order valence-corrected chi connectivity index (χ2v) is 12.0. The number of aromatic nitrogens is 4. The maximum atomic E-state index is 14.3. The van der Waals surface area contributed by atoms with Gasteiger partial charge in [0.15, 0.2) is 0 Å². The van der Waals surface area contributed by atoms with Crippen molar-refractivity contribution in [1.82, 2.24) is 18.3 Å². The van der Waals surface area contributed by atoms with Gasteiger partial charge in [-0.25, -0.2) is 12.4 Å². The highest BCUT2D eigenvalue weighted by atomic mass is 32.2. The van der Waals surface area contributed by atoms with Gasteiger partial charge in [-0.15, -0.1) is 0 Å². The number of hydrogen-bond acceptors (Lipinski definition) is 5. The van der Waals surface area contributed by atoms with E-state index in [0.717, 1.165) is 24.0 Å². The van der Waals surface area contributed by atoms with E-state index in [4.69, 9.17) is 4.74 Å². The molecule has 38 heavy (non-hydrogen) atoms. The quantitative estimate of drug-likeness (QED) is 0.367. The van der Waals surface area contributed by atoms with E-state index in [1.807, 2.05) is 37.5 Å². The normalized spacial score (nSPS) is 19.8. The number of fused-ring (bicyclic) bond motifs is 1. The Bertz CT molecular complexity index is 1770. The second kappa shape index (κ2) is 8.96. The Balaban J connectivity index is 1.69. The van der Waals surface area contributed by atoms with E-state index in [2.05, 4.69) is 24.2 Å². The van der Waals surface area contributed by atoms with Crippen molar-refractivity contribution < 1.29 is 13.2 Å². The molecule has 1 saturated heterocycles. The zero-order chi connectivity index (χ0) is 26.7. The summed E-state index contributed by atoms with van der Waals surface area (Å²) in [6.07, 6.45) is 15.2. The molecule has 0 spiro atoms. The lowest BCUT2D eigenvalue weighted by molar-refractivity contribution is -0.0286. The minimum Gasteiger partial charge on any atom is -0.377 e. The van der Waals surface area contributed by atoms with Crippen LogP contribution in [0.3, 0.4) is 0 Å². The van der Waals surface area contributed by atoms with Gasteiger partial charge < -0.3 is 9.30 Å². The van der Waals surface area contributed by atoms with Crippen LogP contribution in [0.15, 0.2) is 82.9 Å². The molecule has 1 fully saturated rings. The van der Waals surface area contributed by atoms with Crippen LogP contribution in [0.1, 0.15) is 36.9 Å². The molecule has 2 aliphatic rings. The fraction of sp³-hybridized carbons (Fsp3) is 0.310. The highest BCUT2D eigenvalue weighted by Gasteiger charge is 2.34. The summed E-state index contributed by atoms with van der Waals surface area (Å²) < 4.78 is 38.4. The van der Waals surface area contributed by atoms with Crippen molar-refractivity contribution in [2.24, 2.45) is 7.05 Å². The first-order valence-electron chi connectivity index (χ1n) is 12.8. The van der Waals surface area contributed by atoms with Crippen molar-refractivity contribution in [3.8, 4) is 11.3 Å². The van der Waals surface area contributed by atoms with Crippen molar-refractivity contribution >= 4 is 20.9 Å². The molecule has 1 unspecified atom stereocenters. The predicted molar refractivity (Wildman–Crippen MR) is 147 cm³/mol. The lowest BCUT2D eigenvalue weighted by Gasteiger charge is -2.31. The van der Waals surface area contributed by atoms with Crippen molar-refractivity contribution in [2.45, 2.75) is 43.0 Å². The zero-order valence-electron chi connectivity index (χ0n) is 21.7. The molecular formula is C29H30N4O4S. The number of rotatable bonds is 6. The first-order chi connectivity index (χ1) is 18.2. The molecule has 0 saturated carbocycles. The summed E-state index contributed by atoms with van der Waals surface area (Å²) in [6, 6.07) is 8.67. The molecule has 1 aromatic carbocycles. The molecule has 8 nitrogen and oxygen atoms in total. The molecular weight excluding hydrogens is 500 g/mol. The Labute approximate surface area is 221 Å². The maximum Gasteiger partial charge on any atom is 0.275 e. The van der Waals surface area contributed by atoms with Crippen LogP contribution >= 0.6 is 0 Å². The largest absolute Gasteiger partial charge is 0.377 e. The SMILES string of the molecule is CCC1(c2cn(C)c(=O)c3c2cc(-c2cnn(C4COC4)c2)n3S(=O)(=O)c2ccc(C)cc2)C=CC=CC1. The molecule has 3 aromatic heterocycles. The van der Waals surface area contributed by atoms with Crippen molar-refractivity contribution in [3.63, 3.8) is 0 Å². The summed E-state index contributed by atoms with van der Waals surface area (Å²) in [6.45, 7) is 5.15. The van der Waals surface area contributed by atoms with E-state index in [1.165, 1.54) is 8.54 Å². The number of aryl methyl sites for hydroxylation is 2. The van der Waals surface area contributed by atoms with Crippen LogP contribution in [-0.4, -0.2) is 40.0 Å². The summed E-state index contributed by atoms with van der Waals surface area (Å²) in [5.41, 5.74) is 2.34. The molecule has 4 aromatic rings. The standard InChI is InChI=1S/C29H30N4O4S/c1-4-29(12-6-5-7-13-29)25-17-31(3)28(34)27-24(25)14-26(21-15-30-32(16-21)22-18-37-19-22)33(27)38(35,36)23-10-8-20(2)9-11-23/h5-12,14-17,22H,4,13,18-19H2,1-3H3. The van der Waals surface area contributed by atoms with Crippen LogP contribution in [0.5, 0.6) is 0 Å². The topological polar surface area (TPSA) is 88.1 Å². The zero-order valence-corrected chi connectivity index (χ0v) is 22.5. The van der Waals surface area contributed by atoms with Crippen LogP contribution in [0, 0.1) is 6.92 Å². The first-order valence-corrected chi connectivity index (χ1v) is 14.2. The lowest BCUT2D eigenvalue weighted by atomic mass is 9.73. The molecule has 0 amide bonds. The van der Waals surface area contributed by atoms with Crippen LogP contribution in [0.4, 0.5) is 0 Å². The fourth-order valence-corrected chi connectivity index (χ4v) is 6.94. The fourth-order valence-electron chi connectivity index (χ4n) is 5.42. The van der Waals surface area contributed by atoms with Gasteiger partial charge in [-0.05, 0) is 43.5 Å². The predicted octanol–water partition coefficient (Wildman–Crippen LogP) is 4.48. The summed E-state index contributed by atoms with van der Waals surface area (Å²) in [5.74, 6) is 0. The third-order valence-electron chi connectivity index (χ3n) is 7.86. The van der Waals surface area contributed by atoms with E-state index in [1.54, 1.807) is 42.2 Å². The third kappa shape index (κ3) is 3.72. The molecule has 4 heterocycles. The Morgan fingerprint density at radius 3 is 2.53 bits per heavy atom. The lowest BCUT2D eigenvalue weighted by Crippen LogP contribution is -2.30. The van der Waals surface area contributed by atoms with E-state index in [0.29, 0.717) is 29.9 Å². The number of allylic oxidation sites excluding steroid dienone is 4. The first kappa shape index (κ1) is 24.6. The average molecular weight is 531 g/mol. The third-order valence-corrected chi connectivity index (χ3v) is 9.58. The Morgan fingerprint density at radius 2 is 1.89 bits per heavy atom. The summed E-state index contributed by atoms with van der Waals surface area (Å²) in [7, 11) is -2.44. The molecule has 0 N–H and O–H groups in total. The van der Waals surface area contributed by atoms with Crippen LogP contribution in [-0.2, 0) is 27.2 Å². The van der Waals surface area contributed by atoms with E-state index in [9.17, 15) is 13.2 Å². The number of nitrogens with zero attached hydrogens (tertiary/aromatic N) is 4. The Kier molecular flexibility index (Phi) is 5.81. The number of hydrogen-bond donors (Lipinski definition) is 0. The summed E-state index contributed by atoms with van der Waals surface area (Å²) in [4.78, 5) is 13.9. The summed E-state index contributed by atoms with van der Waals surface area (Å²) in [5, 5.41) is 5.14. The second-order valence-electron chi connectivity index (χ2n) is 10.2.